The molecule has 7 nitrogen and oxygen atoms in total. The molecule has 138 valence electrons. The number of allylic oxidation sites excluding steroid dienone is 1. The molecule has 0 aromatic rings. The van der Waals surface area contributed by atoms with E-state index in [-0.39, 0.29) is 25.2 Å². The molecule has 0 spiro atoms. The van der Waals surface area contributed by atoms with Crippen LogP contribution in [0.3, 0.4) is 0 Å². The van der Waals surface area contributed by atoms with Crippen LogP contribution in [0.2, 0.25) is 0 Å². The largest absolute Gasteiger partial charge is 0.459 e. The molecule has 0 aromatic carbocycles. The minimum atomic E-state index is -2.05. The maximum Gasteiger partial charge on any atom is 0.341 e. The Morgan fingerprint density at radius 3 is 2.88 bits per heavy atom. The van der Waals surface area contributed by atoms with Crippen molar-refractivity contribution in [2.75, 3.05) is 26.3 Å². The molecule has 7 heteroatoms. The van der Waals surface area contributed by atoms with Gasteiger partial charge in [-0.05, 0) is 25.3 Å². The molecular weight excluding hydrogens is 326 g/mol. The van der Waals surface area contributed by atoms with Crippen molar-refractivity contribution in [2.45, 2.75) is 44.4 Å². The first-order valence-corrected chi connectivity index (χ1v) is 8.70. The highest BCUT2D eigenvalue weighted by molar-refractivity contribution is 5.89. The van der Waals surface area contributed by atoms with Crippen molar-refractivity contribution in [2.24, 2.45) is 5.92 Å². The summed E-state index contributed by atoms with van der Waals surface area (Å²) in [7, 11) is 0. The van der Waals surface area contributed by atoms with Gasteiger partial charge in [-0.15, -0.1) is 0 Å². The lowest BCUT2D eigenvalue weighted by molar-refractivity contribution is -0.176. The summed E-state index contributed by atoms with van der Waals surface area (Å²) in [5.74, 6) is -1.99. The predicted molar refractivity (Wildman–Crippen MR) is 88.5 cm³/mol. The molecule has 2 fully saturated rings. The van der Waals surface area contributed by atoms with Gasteiger partial charge in [-0.2, -0.15) is 0 Å². The van der Waals surface area contributed by atoms with E-state index < -0.39 is 30.1 Å². The fraction of sp³-hybridized carbons (Fsp3) is 0.667. The molecule has 0 saturated carbocycles. The van der Waals surface area contributed by atoms with Gasteiger partial charge in [0.15, 0.2) is 5.60 Å². The summed E-state index contributed by atoms with van der Waals surface area (Å²) in [6.07, 6.45) is 4.20. The van der Waals surface area contributed by atoms with Gasteiger partial charge in [0.25, 0.3) is 0 Å². The number of carbonyl (C=O) groups excluding carboxylic acids is 2. The lowest BCUT2D eigenvalue weighted by atomic mass is 9.84. The van der Waals surface area contributed by atoms with Crippen LogP contribution in [0.25, 0.3) is 0 Å². The predicted octanol–water partition coefficient (Wildman–Crippen LogP) is 0.165. The molecule has 25 heavy (non-hydrogen) atoms. The van der Waals surface area contributed by atoms with Crippen LogP contribution in [0.5, 0.6) is 0 Å². The fourth-order valence-electron chi connectivity index (χ4n) is 3.85. The Bertz CT molecular complexity index is 627. The number of rotatable bonds is 1. The van der Waals surface area contributed by atoms with Crippen molar-refractivity contribution >= 4 is 11.9 Å². The van der Waals surface area contributed by atoms with E-state index in [1.54, 1.807) is 19.9 Å². The molecule has 2 N–H and O–H groups in total. The first kappa shape index (κ1) is 18.1. The summed E-state index contributed by atoms with van der Waals surface area (Å²) in [4.78, 5) is 27.2. The number of hydrogen-bond acceptors (Lipinski definition) is 7. The number of ether oxygens (including phenoxy) is 2. The summed E-state index contributed by atoms with van der Waals surface area (Å²) in [6.45, 7) is 4.12. The Kier molecular flexibility index (Phi) is 4.99. The second-order valence-electron chi connectivity index (χ2n) is 7.03. The summed E-state index contributed by atoms with van der Waals surface area (Å²) in [5.41, 5.74) is -0.796. The summed E-state index contributed by atoms with van der Waals surface area (Å²) >= 11 is 0. The lowest BCUT2D eigenvalue weighted by Gasteiger charge is -2.32. The quantitative estimate of drug-likeness (QED) is 0.395. The molecule has 2 saturated heterocycles. The number of carbonyl (C=O) groups is 2. The van der Waals surface area contributed by atoms with Gasteiger partial charge in [0.05, 0.1) is 12.6 Å². The van der Waals surface area contributed by atoms with E-state index in [1.807, 2.05) is 6.08 Å². The highest BCUT2D eigenvalue weighted by atomic mass is 16.6. The monoisotopic (exact) mass is 351 g/mol. The van der Waals surface area contributed by atoms with E-state index in [4.69, 9.17) is 9.47 Å². The van der Waals surface area contributed by atoms with Gasteiger partial charge in [0.2, 0.25) is 0 Å². The third kappa shape index (κ3) is 3.12. The van der Waals surface area contributed by atoms with Crippen LogP contribution in [0.15, 0.2) is 23.3 Å². The van der Waals surface area contributed by atoms with Gasteiger partial charge >= 0.3 is 11.9 Å². The van der Waals surface area contributed by atoms with Gasteiger partial charge in [0.1, 0.15) is 12.7 Å². The lowest BCUT2D eigenvalue weighted by Crippen LogP contribution is -2.50. The third-order valence-electron chi connectivity index (χ3n) is 5.59. The zero-order chi connectivity index (χ0) is 18.2. The molecule has 0 aromatic heterocycles. The molecule has 3 rings (SSSR count). The maximum absolute atomic E-state index is 12.6. The van der Waals surface area contributed by atoms with Crippen LogP contribution in [0, 0.1) is 5.92 Å². The highest BCUT2D eigenvalue weighted by Crippen LogP contribution is 2.34. The number of hydrogen-bond donors (Lipinski definition) is 2. The molecule has 4 atom stereocenters. The van der Waals surface area contributed by atoms with Crippen LogP contribution < -0.4 is 0 Å². The number of cyclic esters (lactones) is 1. The maximum atomic E-state index is 12.6. The first-order valence-electron chi connectivity index (χ1n) is 8.70. The van der Waals surface area contributed by atoms with Gasteiger partial charge in [0, 0.05) is 24.6 Å². The van der Waals surface area contributed by atoms with E-state index in [0.717, 1.165) is 25.1 Å². The number of aliphatic hydroxyl groups is 2. The van der Waals surface area contributed by atoms with Crippen molar-refractivity contribution in [3.63, 3.8) is 0 Å². The minimum absolute atomic E-state index is 0.0273. The van der Waals surface area contributed by atoms with Crippen LogP contribution in [0.4, 0.5) is 0 Å². The zero-order valence-corrected chi connectivity index (χ0v) is 14.6. The Labute approximate surface area is 146 Å². The number of esters is 2. The van der Waals surface area contributed by atoms with Crippen molar-refractivity contribution in [1.29, 1.82) is 0 Å². The van der Waals surface area contributed by atoms with Gasteiger partial charge in [-0.1, -0.05) is 19.1 Å². The smallest absolute Gasteiger partial charge is 0.341 e. The average molecular weight is 351 g/mol. The first-order chi connectivity index (χ1) is 11.9. The zero-order valence-electron chi connectivity index (χ0n) is 14.6. The van der Waals surface area contributed by atoms with Crippen molar-refractivity contribution in [1.82, 2.24) is 4.90 Å². The third-order valence-corrected chi connectivity index (χ3v) is 5.59. The Morgan fingerprint density at radius 1 is 1.44 bits per heavy atom. The molecule has 0 amide bonds. The molecule has 3 aliphatic rings. The number of nitrogens with zero attached hydrogens (tertiary/aromatic N) is 1. The second kappa shape index (κ2) is 6.90. The standard InChI is InChI=1S/C18H25NO6/c1-3-12-8-11(2)18(23,10-20)17(22)24-9-13-4-6-19-7-5-14(15(13)19)25-16(12)21/h3-4,11,14-15,20,23H,5-10H2,1-2H3/t11-,14-,15-,18-/m1/s1. The summed E-state index contributed by atoms with van der Waals surface area (Å²) in [6, 6.07) is -0.0890. The highest BCUT2D eigenvalue weighted by Gasteiger charge is 2.46. The molecule has 3 heterocycles. The molecule has 0 radical (unpaired) electrons. The molecule has 0 unspecified atom stereocenters. The van der Waals surface area contributed by atoms with E-state index >= 15 is 0 Å². The van der Waals surface area contributed by atoms with Crippen LogP contribution in [-0.2, 0) is 19.1 Å². The topological polar surface area (TPSA) is 96.3 Å². The van der Waals surface area contributed by atoms with E-state index in [0.29, 0.717) is 5.57 Å². The van der Waals surface area contributed by atoms with E-state index in [2.05, 4.69) is 4.90 Å². The Balaban J connectivity index is 1.93. The minimum Gasteiger partial charge on any atom is -0.459 e. The van der Waals surface area contributed by atoms with Crippen molar-refractivity contribution in [3.05, 3.63) is 23.3 Å². The molecule has 3 aliphatic heterocycles. The van der Waals surface area contributed by atoms with Crippen LogP contribution in [0.1, 0.15) is 26.7 Å². The van der Waals surface area contributed by atoms with Crippen molar-refractivity contribution in [3.8, 4) is 0 Å². The van der Waals surface area contributed by atoms with E-state index in [1.165, 1.54) is 0 Å². The van der Waals surface area contributed by atoms with Crippen LogP contribution >= 0.6 is 0 Å². The van der Waals surface area contributed by atoms with Gasteiger partial charge in [-0.3, -0.25) is 4.90 Å². The normalized spacial score (nSPS) is 38.5. The summed E-state index contributed by atoms with van der Waals surface area (Å²) < 4.78 is 11.1. The average Bonchev–Trinajstić information content (AvgIpc) is 3.18. The summed E-state index contributed by atoms with van der Waals surface area (Å²) in [5, 5.41) is 20.2. The SMILES string of the molecule is CC=C1C[C@@H](C)[C@](O)(CO)C(=O)OCC2=CCN3CC[C@@H](OC1=O)[C@@H]23. The Hall–Kier alpha value is -1.70. The fourth-order valence-corrected chi connectivity index (χ4v) is 3.85. The Morgan fingerprint density at radius 2 is 2.20 bits per heavy atom. The van der Waals surface area contributed by atoms with E-state index in [9.17, 15) is 19.8 Å². The molecule has 0 aliphatic carbocycles. The molecule has 0 bridgehead atoms. The van der Waals surface area contributed by atoms with Gasteiger partial charge < -0.3 is 19.7 Å². The van der Waals surface area contributed by atoms with Crippen LogP contribution in [-0.4, -0.2) is 71.1 Å². The molecular formula is C18H25NO6. The number of aliphatic hydroxyl groups excluding tert-OH is 1. The van der Waals surface area contributed by atoms with Gasteiger partial charge in [-0.25, -0.2) is 9.59 Å². The van der Waals surface area contributed by atoms with Crippen molar-refractivity contribution < 1.29 is 29.3 Å². The second-order valence-corrected chi connectivity index (χ2v) is 7.03.